The van der Waals surface area contributed by atoms with Gasteiger partial charge in [0, 0.05) is 25.5 Å². The predicted octanol–water partition coefficient (Wildman–Crippen LogP) is 1.33. The van der Waals surface area contributed by atoms with E-state index in [2.05, 4.69) is 10.3 Å². The topological polar surface area (TPSA) is 56.1 Å². The van der Waals surface area contributed by atoms with Gasteiger partial charge in [0.25, 0.3) is 0 Å². The number of ether oxygens (including phenoxy) is 1. The molecule has 15 heavy (non-hydrogen) atoms. The third kappa shape index (κ3) is 4.01. The van der Waals surface area contributed by atoms with Crippen LogP contribution in [0.5, 0.6) is 0 Å². The lowest BCUT2D eigenvalue weighted by Gasteiger charge is -2.06. The van der Waals surface area contributed by atoms with E-state index in [-0.39, 0.29) is 6.09 Å². The molecule has 0 saturated carbocycles. The maximum Gasteiger partial charge on any atom is 0.407 e. The van der Waals surface area contributed by atoms with E-state index in [4.69, 9.17) is 4.74 Å². The monoisotopic (exact) mass is 211 g/mol. The molecule has 0 unspecified atom stereocenters. The Morgan fingerprint density at radius 1 is 1.67 bits per heavy atom. The van der Waals surface area contributed by atoms with Crippen molar-refractivity contribution in [1.82, 2.24) is 14.9 Å². The van der Waals surface area contributed by atoms with Crippen LogP contribution in [0.15, 0.2) is 12.4 Å². The first-order chi connectivity index (χ1) is 7.24. The molecule has 1 aromatic heterocycles. The molecule has 1 rings (SSSR count). The molecule has 0 aromatic carbocycles. The van der Waals surface area contributed by atoms with Crippen molar-refractivity contribution < 1.29 is 9.53 Å². The third-order valence-electron chi connectivity index (χ3n) is 2.04. The standard InChI is InChI=1S/C10H17N3O2/c1-3-15-10(14)12-5-4-7-13-8-6-11-9(13)2/h6,8H,3-5,7H2,1-2H3,(H,12,14). The number of rotatable bonds is 5. The zero-order valence-corrected chi connectivity index (χ0v) is 9.19. The highest BCUT2D eigenvalue weighted by molar-refractivity contribution is 5.66. The Kier molecular flexibility index (Phi) is 4.66. The number of imidazole rings is 1. The van der Waals surface area contributed by atoms with Crippen LogP contribution in [0.25, 0.3) is 0 Å². The van der Waals surface area contributed by atoms with Gasteiger partial charge < -0.3 is 14.6 Å². The number of nitrogens with one attached hydrogen (secondary N) is 1. The second-order valence-corrected chi connectivity index (χ2v) is 3.17. The molecule has 1 amide bonds. The Balaban J connectivity index is 2.12. The summed E-state index contributed by atoms with van der Waals surface area (Å²) in [6.07, 6.45) is 4.23. The summed E-state index contributed by atoms with van der Waals surface area (Å²) in [6, 6.07) is 0. The number of aromatic nitrogens is 2. The first-order valence-corrected chi connectivity index (χ1v) is 5.12. The fourth-order valence-corrected chi connectivity index (χ4v) is 1.26. The Hall–Kier alpha value is -1.52. The second-order valence-electron chi connectivity index (χ2n) is 3.17. The molecule has 84 valence electrons. The molecule has 1 N–H and O–H groups in total. The van der Waals surface area contributed by atoms with E-state index in [9.17, 15) is 4.79 Å². The minimum absolute atomic E-state index is 0.347. The molecular weight excluding hydrogens is 194 g/mol. The maximum absolute atomic E-state index is 10.9. The lowest BCUT2D eigenvalue weighted by molar-refractivity contribution is 0.152. The summed E-state index contributed by atoms with van der Waals surface area (Å²) < 4.78 is 6.78. The lowest BCUT2D eigenvalue weighted by Crippen LogP contribution is -2.26. The van der Waals surface area contributed by atoms with Crippen LogP contribution in [0.1, 0.15) is 19.2 Å². The van der Waals surface area contributed by atoms with Crippen molar-refractivity contribution in [3.05, 3.63) is 18.2 Å². The average molecular weight is 211 g/mol. The van der Waals surface area contributed by atoms with Gasteiger partial charge in [-0.15, -0.1) is 0 Å². The highest BCUT2D eigenvalue weighted by Gasteiger charge is 1.99. The van der Waals surface area contributed by atoms with Crippen molar-refractivity contribution in [1.29, 1.82) is 0 Å². The van der Waals surface area contributed by atoms with Crippen molar-refractivity contribution in [3.8, 4) is 0 Å². The highest BCUT2D eigenvalue weighted by Crippen LogP contribution is 1.96. The van der Waals surface area contributed by atoms with Crippen LogP contribution in [0.3, 0.4) is 0 Å². The fraction of sp³-hybridized carbons (Fsp3) is 0.600. The molecule has 5 nitrogen and oxygen atoms in total. The molecule has 0 spiro atoms. The first-order valence-electron chi connectivity index (χ1n) is 5.12. The Morgan fingerprint density at radius 2 is 2.47 bits per heavy atom. The van der Waals surface area contributed by atoms with Crippen molar-refractivity contribution in [2.45, 2.75) is 26.8 Å². The quantitative estimate of drug-likeness (QED) is 0.747. The number of alkyl carbamates (subject to hydrolysis) is 1. The Bertz CT molecular complexity index is 309. The normalized spacial score (nSPS) is 10.0. The average Bonchev–Trinajstić information content (AvgIpc) is 2.60. The van der Waals surface area contributed by atoms with E-state index in [0.29, 0.717) is 13.2 Å². The largest absolute Gasteiger partial charge is 0.450 e. The SMILES string of the molecule is CCOC(=O)NCCCn1ccnc1C. The molecule has 0 radical (unpaired) electrons. The molecule has 0 fully saturated rings. The zero-order valence-electron chi connectivity index (χ0n) is 9.19. The number of nitrogens with zero attached hydrogens (tertiary/aromatic N) is 2. The molecule has 0 saturated heterocycles. The van der Waals surface area contributed by atoms with Gasteiger partial charge in [-0.3, -0.25) is 0 Å². The summed E-state index contributed by atoms with van der Waals surface area (Å²) in [5, 5.41) is 2.67. The maximum atomic E-state index is 10.9. The van der Waals surface area contributed by atoms with E-state index in [1.165, 1.54) is 0 Å². The van der Waals surface area contributed by atoms with Gasteiger partial charge in [0.05, 0.1) is 6.61 Å². The van der Waals surface area contributed by atoms with E-state index >= 15 is 0 Å². The van der Waals surface area contributed by atoms with Gasteiger partial charge >= 0.3 is 6.09 Å². The number of carbonyl (C=O) groups is 1. The van der Waals surface area contributed by atoms with Gasteiger partial charge in [-0.1, -0.05) is 0 Å². The van der Waals surface area contributed by atoms with Crippen LogP contribution in [-0.4, -0.2) is 28.8 Å². The highest BCUT2D eigenvalue weighted by atomic mass is 16.5. The summed E-state index contributed by atoms with van der Waals surface area (Å²) in [5.41, 5.74) is 0. The van der Waals surface area contributed by atoms with E-state index in [1.54, 1.807) is 13.1 Å². The number of amides is 1. The van der Waals surface area contributed by atoms with Gasteiger partial charge in [-0.05, 0) is 20.3 Å². The van der Waals surface area contributed by atoms with Crippen LogP contribution >= 0.6 is 0 Å². The minimum Gasteiger partial charge on any atom is -0.450 e. The Morgan fingerprint density at radius 3 is 3.07 bits per heavy atom. The van der Waals surface area contributed by atoms with E-state index in [1.807, 2.05) is 17.7 Å². The summed E-state index contributed by atoms with van der Waals surface area (Å²) in [6.45, 7) is 5.63. The molecular formula is C10H17N3O2. The fourth-order valence-electron chi connectivity index (χ4n) is 1.26. The molecule has 0 aliphatic rings. The molecule has 0 atom stereocenters. The lowest BCUT2D eigenvalue weighted by atomic mass is 10.4. The van der Waals surface area contributed by atoms with Crippen molar-refractivity contribution in [2.75, 3.05) is 13.2 Å². The van der Waals surface area contributed by atoms with Gasteiger partial charge in [0.15, 0.2) is 0 Å². The molecule has 0 aliphatic heterocycles. The number of hydrogen-bond acceptors (Lipinski definition) is 3. The van der Waals surface area contributed by atoms with Crippen LogP contribution in [-0.2, 0) is 11.3 Å². The molecule has 0 bridgehead atoms. The number of aryl methyl sites for hydroxylation is 2. The molecule has 1 heterocycles. The van der Waals surface area contributed by atoms with Crippen molar-refractivity contribution >= 4 is 6.09 Å². The summed E-state index contributed by atoms with van der Waals surface area (Å²) in [7, 11) is 0. The van der Waals surface area contributed by atoms with Crippen molar-refractivity contribution in [3.63, 3.8) is 0 Å². The zero-order chi connectivity index (χ0) is 11.1. The first kappa shape index (κ1) is 11.6. The number of carbonyl (C=O) groups excluding carboxylic acids is 1. The summed E-state index contributed by atoms with van der Waals surface area (Å²) in [4.78, 5) is 15.0. The smallest absolute Gasteiger partial charge is 0.407 e. The summed E-state index contributed by atoms with van der Waals surface area (Å²) in [5.74, 6) is 0.992. The van der Waals surface area contributed by atoms with Gasteiger partial charge in [-0.25, -0.2) is 9.78 Å². The van der Waals surface area contributed by atoms with Crippen molar-refractivity contribution in [2.24, 2.45) is 0 Å². The second kappa shape index (κ2) is 6.06. The van der Waals surface area contributed by atoms with Crippen LogP contribution in [0.2, 0.25) is 0 Å². The molecule has 1 aromatic rings. The van der Waals surface area contributed by atoms with Crippen LogP contribution in [0.4, 0.5) is 4.79 Å². The summed E-state index contributed by atoms with van der Waals surface area (Å²) >= 11 is 0. The van der Waals surface area contributed by atoms with E-state index in [0.717, 1.165) is 18.8 Å². The number of hydrogen-bond donors (Lipinski definition) is 1. The molecule has 5 heteroatoms. The molecule has 0 aliphatic carbocycles. The predicted molar refractivity (Wildman–Crippen MR) is 56.6 cm³/mol. The van der Waals surface area contributed by atoms with Crippen LogP contribution < -0.4 is 5.32 Å². The Labute approximate surface area is 89.4 Å². The minimum atomic E-state index is -0.347. The van der Waals surface area contributed by atoms with Gasteiger partial charge in [0.1, 0.15) is 5.82 Å². The van der Waals surface area contributed by atoms with Crippen LogP contribution in [0, 0.1) is 6.92 Å². The third-order valence-corrected chi connectivity index (χ3v) is 2.04. The van der Waals surface area contributed by atoms with Gasteiger partial charge in [-0.2, -0.15) is 0 Å². The van der Waals surface area contributed by atoms with Gasteiger partial charge in [0.2, 0.25) is 0 Å². The van der Waals surface area contributed by atoms with E-state index < -0.39 is 0 Å².